The molecular formula is C13H19NO. The Hall–Kier alpha value is -1.02. The monoisotopic (exact) mass is 205 g/mol. The lowest BCUT2D eigenvalue weighted by Crippen LogP contribution is -2.26. The Bertz CT molecular complexity index is 305. The molecule has 0 aliphatic carbocycles. The van der Waals surface area contributed by atoms with Crippen LogP contribution in [0.3, 0.4) is 0 Å². The minimum absolute atomic E-state index is 0.527. The molecular weight excluding hydrogens is 186 g/mol. The van der Waals surface area contributed by atoms with Gasteiger partial charge in [-0.3, -0.25) is 0 Å². The van der Waals surface area contributed by atoms with Crippen LogP contribution in [0.5, 0.6) is 5.75 Å². The molecule has 0 aromatic heterocycles. The summed E-state index contributed by atoms with van der Waals surface area (Å²) in [6.45, 7) is 3.90. The molecule has 0 radical (unpaired) electrons. The number of ether oxygens (including phenoxy) is 1. The average Bonchev–Trinajstić information content (AvgIpc) is 2.31. The molecule has 1 heterocycles. The maximum Gasteiger partial charge on any atom is 0.119 e. The van der Waals surface area contributed by atoms with Crippen molar-refractivity contribution in [3.05, 3.63) is 29.8 Å². The van der Waals surface area contributed by atoms with Crippen molar-refractivity contribution in [3.8, 4) is 5.75 Å². The van der Waals surface area contributed by atoms with Gasteiger partial charge in [-0.15, -0.1) is 0 Å². The predicted octanol–water partition coefficient (Wildman–Crippen LogP) is 2.90. The van der Waals surface area contributed by atoms with Crippen LogP contribution in [-0.4, -0.2) is 13.2 Å². The van der Waals surface area contributed by atoms with Crippen molar-refractivity contribution >= 4 is 0 Å². The van der Waals surface area contributed by atoms with Crippen molar-refractivity contribution in [3.63, 3.8) is 0 Å². The molecule has 1 fully saturated rings. The van der Waals surface area contributed by atoms with Gasteiger partial charge in [-0.25, -0.2) is 0 Å². The number of hydrogen-bond donors (Lipinski definition) is 1. The van der Waals surface area contributed by atoms with Crippen LogP contribution in [0, 0.1) is 0 Å². The van der Waals surface area contributed by atoms with Gasteiger partial charge in [-0.1, -0.05) is 18.6 Å². The Labute approximate surface area is 91.6 Å². The van der Waals surface area contributed by atoms with Gasteiger partial charge in [0.1, 0.15) is 5.75 Å². The fourth-order valence-electron chi connectivity index (χ4n) is 2.12. The fourth-order valence-corrected chi connectivity index (χ4v) is 2.12. The van der Waals surface area contributed by atoms with E-state index in [-0.39, 0.29) is 0 Å². The van der Waals surface area contributed by atoms with Crippen LogP contribution in [-0.2, 0) is 0 Å². The van der Waals surface area contributed by atoms with Crippen LogP contribution in [0.1, 0.15) is 37.8 Å². The van der Waals surface area contributed by atoms with Gasteiger partial charge in [0.25, 0.3) is 0 Å². The summed E-state index contributed by atoms with van der Waals surface area (Å²) in [4.78, 5) is 0. The van der Waals surface area contributed by atoms with Crippen LogP contribution < -0.4 is 10.1 Å². The molecule has 2 heteroatoms. The minimum Gasteiger partial charge on any atom is -0.494 e. The number of piperidine rings is 1. The molecule has 0 amide bonds. The van der Waals surface area contributed by atoms with E-state index in [4.69, 9.17) is 4.74 Å². The number of hydrogen-bond acceptors (Lipinski definition) is 2. The molecule has 0 bridgehead atoms. The third-order valence-corrected chi connectivity index (χ3v) is 2.88. The van der Waals surface area contributed by atoms with Crippen molar-refractivity contribution in [2.45, 2.75) is 32.2 Å². The summed E-state index contributed by atoms with van der Waals surface area (Å²) in [5, 5.41) is 3.55. The zero-order chi connectivity index (χ0) is 10.5. The fraction of sp³-hybridized carbons (Fsp3) is 0.538. The molecule has 0 spiro atoms. The van der Waals surface area contributed by atoms with Crippen molar-refractivity contribution < 1.29 is 4.74 Å². The molecule has 2 rings (SSSR count). The Kier molecular flexibility index (Phi) is 3.62. The van der Waals surface area contributed by atoms with Crippen LogP contribution in [0.15, 0.2) is 24.3 Å². The highest BCUT2D eigenvalue weighted by Gasteiger charge is 2.14. The summed E-state index contributed by atoms with van der Waals surface area (Å²) in [5.41, 5.74) is 1.36. The summed E-state index contributed by atoms with van der Waals surface area (Å²) in [5.74, 6) is 0.988. The Morgan fingerprint density at radius 2 is 2.33 bits per heavy atom. The Morgan fingerprint density at radius 1 is 1.40 bits per heavy atom. The maximum absolute atomic E-state index is 5.51. The molecule has 15 heavy (non-hydrogen) atoms. The van der Waals surface area contributed by atoms with E-state index >= 15 is 0 Å². The smallest absolute Gasteiger partial charge is 0.119 e. The highest BCUT2D eigenvalue weighted by molar-refractivity contribution is 5.30. The molecule has 0 saturated carbocycles. The topological polar surface area (TPSA) is 21.3 Å². The quantitative estimate of drug-likeness (QED) is 0.819. The van der Waals surface area contributed by atoms with Gasteiger partial charge in [0.2, 0.25) is 0 Å². The van der Waals surface area contributed by atoms with E-state index < -0.39 is 0 Å². The van der Waals surface area contributed by atoms with Gasteiger partial charge in [-0.05, 0) is 44.0 Å². The molecule has 82 valence electrons. The second kappa shape index (κ2) is 5.17. The lowest BCUT2D eigenvalue weighted by Gasteiger charge is -2.24. The summed E-state index contributed by atoms with van der Waals surface area (Å²) in [7, 11) is 0. The van der Waals surface area contributed by atoms with Crippen LogP contribution in [0.2, 0.25) is 0 Å². The van der Waals surface area contributed by atoms with Crippen molar-refractivity contribution in [1.29, 1.82) is 0 Å². The van der Waals surface area contributed by atoms with E-state index in [0.29, 0.717) is 6.04 Å². The Morgan fingerprint density at radius 3 is 3.07 bits per heavy atom. The highest BCUT2D eigenvalue weighted by Crippen LogP contribution is 2.25. The second-order valence-electron chi connectivity index (χ2n) is 4.01. The van der Waals surface area contributed by atoms with Crippen molar-refractivity contribution in [2.24, 2.45) is 0 Å². The summed E-state index contributed by atoms with van der Waals surface area (Å²) < 4.78 is 5.51. The van der Waals surface area contributed by atoms with E-state index in [0.717, 1.165) is 18.9 Å². The minimum atomic E-state index is 0.527. The molecule has 0 unspecified atom stereocenters. The maximum atomic E-state index is 5.51. The first-order valence-electron chi connectivity index (χ1n) is 5.86. The number of nitrogens with one attached hydrogen (secondary N) is 1. The van der Waals surface area contributed by atoms with Gasteiger partial charge >= 0.3 is 0 Å². The van der Waals surface area contributed by atoms with Crippen molar-refractivity contribution in [1.82, 2.24) is 5.32 Å². The average molecular weight is 205 g/mol. The molecule has 2 nitrogen and oxygen atoms in total. The van der Waals surface area contributed by atoms with Gasteiger partial charge in [0.15, 0.2) is 0 Å². The van der Waals surface area contributed by atoms with Crippen molar-refractivity contribution in [2.75, 3.05) is 13.2 Å². The normalized spacial score (nSPS) is 21.3. The first kappa shape index (κ1) is 10.5. The molecule has 1 atom stereocenters. The van der Waals surface area contributed by atoms with E-state index in [1.807, 2.05) is 13.0 Å². The lowest BCUT2D eigenvalue weighted by atomic mass is 9.97. The number of benzene rings is 1. The first-order valence-corrected chi connectivity index (χ1v) is 5.86. The van der Waals surface area contributed by atoms with Crippen LogP contribution >= 0.6 is 0 Å². The van der Waals surface area contributed by atoms with Crippen LogP contribution in [0.25, 0.3) is 0 Å². The predicted molar refractivity (Wildman–Crippen MR) is 62.2 cm³/mol. The van der Waals surface area contributed by atoms with E-state index in [1.165, 1.54) is 24.8 Å². The number of rotatable bonds is 3. The zero-order valence-corrected chi connectivity index (χ0v) is 9.33. The third-order valence-electron chi connectivity index (χ3n) is 2.88. The molecule has 1 aliphatic rings. The highest BCUT2D eigenvalue weighted by atomic mass is 16.5. The largest absolute Gasteiger partial charge is 0.494 e. The standard InChI is InChI=1S/C13H19NO/c1-2-15-12-7-5-6-11(10-12)13-8-3-4-9-14-13/h5-7,10,13-14H,2-4,8-9H2,1H3/t13-/m1/s1. The second-order valence-corrected chi connectivity index (χ2v) is 4.01. The molecule has 1 aromatic rings. The lowest BCUT2D eigenvalue weighted by molar-refractivity contribution is 0.338. The molecule has 1 N–H and O–H groups in total. The Balaban J connectivity index is 2.09. The SMILES string of the molecule is CCOc1cccc([C@H]2CCCCN2)c1. The molecule has 1 aromatic carbocycles. The molecule has 1 aliphatic heterocycles. The van der Waals surface area contributed by atoms with Gasteiger partial charge in [-0.2, -0.15) is 0 Å². The van der Waals surface area contributed by atoms with E-state index in [1.54, 1.807) is 0 Å². The van der Waals surface area contributed by atoms with Gasteiger partial charge in [0.05, 0.1) is 6.61 Å². The van der Waals surface area contributed by atoms with E-state index in [9.17, 15) is 0 Å². The first-order chi connectivity index (χ1) is 7.40. The van der Waals surface area contributed by atoms with E-state index in [2.05, 4.69) is 23.5 Å². The van der Waals surface area contributed by atoms with Gasteiger partial charge < -0.3 is 10.1 Å². The summed E-state index contributed by atoms with van der Waals surface area (Å²) in [6.07, 6.45) is 3.88. The summed E-state index contributed by atoms with van der Waals surface area (Å²) >= 11 is 0. The van der Waals surface area contributed by atoms with Crippen LogP contribution in [0.4, 0.5) is 0 Å². The summed E-state index contributed by atoms with van der Waals surface area (Å²) in [6, 6.07) is 8.98. The van der Waals surface area contributed by atoms with Gasteiger partial charge in [0, 0.05) is 6.04 Å². The molecule has 1 saturated heterocycles. The third kappa shape index (κ3) is 2.72. The zero-order valence-electron chi connectivity index (χ0n) is 9.33.